The molecule has 1 heterocycles. The van der Waals surface area contributed by atoms with Crippen molar-refractivity contribution in [3.05, 3.63) is 0 Å². The molecular formula is C6H16NO9P. The van der Waals surface area contributed by atoms with E-state index < -0.39 is 45.1 Å². The van der Waals surface area contributed by atoms with Crippen LogP contribution in [0.4, 0.5) is 0 Å². The lowest BCUT2D eigenvalue weighted by Gasteiger charge is -2.38. The molecule has 5 atom stereocenters. The first kappa shape index (κ1) is 16.9. The van der Waals surface area contributed by atoms with Gasteiger partial charge in [-0.2, -0.15) is 0 Å². The second-order valence-electron chi connectivity index (χ2n) is 3.41. The predicted octanol–water partition coefficient (Wildman–Crippen LogP) is -3.96. The third kappa shape index (κ3) is 4.56. The quantitative estimate of drug-likeness (QED) is 0.221. The molecule has 104 valence electrons. The first-order valence-corrected chi connectivity index (χ1v) is 5.91. The lowest BCUT2D eigenvalue weighted by Crippen LogP contribution is -2.61. The summed E-state index contributed by atoms with van der Waals surface area (Å²) in [6.45, 7) is -0.674. The molecule has 9 N–H and O–H groups in total. The molecule has 1 rings (SSSR count). The molecule has 0 radical (unpaired) electrons. The number of ether oxygens (including phenoxy) is 1. The molecule has 0 aromatic rings. The van der Waals surface area contributed by atoms with Crippen molar-refractivity contribution in [3.8, 4) is 0 Å². The van der Waals surface area contributed by atoms with Crippen LogP contribution in [-0.4, -0.2) is 67.8 Å². The van der Waals surface area contributed by atoms with Gasteiger partial charge < -0.3 is 41.1 Å². The lowest BCUT2D eigenvalue weighted by molar-refractivity contribution is -0.247. The van der Waals surface area contributed by atoms with Gasteiger partial charge in [-0.25, -0.2) is 4.57 Å². The van der Waals surface area contributed by atoms with E-state index in [4.69, 9.17) is 20.3 Å². The van der Waals surface area contributed by atoms with E-state index in [9.17, 15) is 19.9 Å². The monoisotopic (exact) mass is 283 g/mol. The SMILES string of the molecule is N[13C@H]1[13CH](O)O[13C@H]([13CH2]OP(=O)(O)O)[13C@@H](O)[13C@@H]1O.O. The van der Waals surface area contributed by atoms with Crippen LogP contribution in [0.3, 0.4) is 0 Å². The van der Waals surface area contributed by atoms with Crippen LogP contribution in [0, 0.1) is 0 Å². The largest absolute Gasteiger partial charge is 0.469 e. The number of hydrogen-bond acceptors (Lipinski definition) is 7. The Hall–Kier alpha value is -0.130. The van der Waals surface area contributed by atoms with Gasteiger partial charge in [0.15, 0.2) is 6.29 Å². The van der Waals surface area contributed by atoms with Crippen molar-refractivity contribution in [3.63, 3.8) is 0 Å². The Balaban J connectivity index is 0.00000256. The number of aliphatic hydroxyl groups excluding tert-OH is 3. The Labute approximate surface area is 96.1 Å². The van der Waals surface area contributed by atoms with Crippen LogP contribution in [0.1, 0.15) is 0 Å². The van der Waals surface area contributed by atoms with Gasteiger partial charge in [0.2, 0.25) is 0 Å². The van der Waals surface area contributed by atoms with E-state index in [1.807, 2.05) is 0 Å². The first-order chi connectivity index (χ1) is 7.22. The van der Waals surface area contributed by atoms with Crippen LogP contribution in [0.2, 0.25) is 0 Å². The maximum absolute atomic E-state index is 10.4. The van der Waals surface area contributed by atoms with Gasteiger partial charge in [-0.15, -0.1) is 0 Å². The van der Waals surface area contributed by atoms with E-state index >= 15 is 0 Å². The summed E-state index contributed by atoms with van der Waals surface area (Å²) in [7, 11) is -4.70. The van der Waals surface area contributed by atoms with Gasteiger partial charge in [-0.1, -0.05) is 0 Å². The van der Waals surface area contributed by atoms with E-state index in [1.54, 1.807) is 0 Å². The average Bonchev–Trinajstić information content (AvgIpc) is 2.17. The normalized spacial score (nSPS) is 38.6. The number of phosphoric ester groups is 1. The molecule has 1 unspecified atom stereocenters. The van der Waals surface area contributed by atoms with Gasteiger partial charge in [-0.3, -0.25) is 4.52 Å². The topological polar surface area (TPSA) is 194 Å². The molecule has 0 saturated carbocycles. The van der Waals surface area contributed by atoms with E-state index in [-0.39, 0.29) is 5.48 Å². The molecular weight excluding hydrogens is 267 g/mol. The van der Waals surface area contributed by atoms with E-state index in [2.05, 4.69) is 4.52 Å². The summed E-state index contributed by atoms with van der Waals surface area (Å²) in [5.41, 5.74) is 5.28. The lowest BCUT2D eigenvalue weighted by atomic mass is 10.9. The van der Waals surface area contributed by atoms with E-state index in [1.165, 1.54) is 0 Å². The first-order valence-electron chi connectivity index (χ1n) is 4.37. The van der Waals surface area contributed by atoms with Crippen molar-refractivity contribution in [1.82, 2.24) is 0 Å². The zero-order valence-electron chi connectivity index (χ0n) is 8.58. The van der Waals surface area contributed by atoms with Crippen molar-refractivity contribution in [2.24, 2.45) is 5.73 Å². The van der Waals surface area contributed by atoms with Crippen LogP contribution < -0.4 is 5.73 Å². The van der Waals surface area contributed by atoms with E-state index in [0.29, 0.717) is 0 Å². The van der Waals surface area contributed by atoms with Crippen molar-refractivity contribution in [1.29, 1.82) is 0 Å². The van der Waals surface area contributed by atoms with Crippen LogP contribution >= 0.6 is 7.82 Å². The predicted molar refractivity (Wildman–Crippen MR) is 52.5 cm³/mol. The molecule has 10 nitrogen and oxygen atoms in total. The minimum atomic E-state index is -4.70. The summed E-state index contributed by atoms with van der Waals surface area (Å²) in [5.74, 6) is 0. The second kappa shape index (κ2) is 6.16. The number of aliphatic hydroxyl groups is 3. The Morgan fingerprint density at radius 2 is 1.76 bits per heavy atom. The highest BCUT2D eigenvalue weighted by molar-refractivity contribution is 7.46. The molecule has 0 spiro atoms. The standard InChI is InChI=1S/C6H14NO8P.H2O/c7-3-5(9)4(8)2(15-6(3)10)1-14-16(11,12)13;/h2-6,8-10H,1,7H2,(H2,11,12,13);1H2/t2-,3-,4-,5-,6?;/m1./s1/i1+1,2+1,3+1,4+1,5+1,6+1;. The second-order valence-corrected chi connectivity index (χ2v) is 4.65. The highest BCUT2D eigenvalue weighted by Crippen LogP contribution is 2.36. The minimum Gasteiger partial charge on any atom is -0.412 e. The Bertz CT molecular complexity index is 283. The summed E-state index contributed by atoms with van der Waals surface area (Å²) in [6.07, 6.45) is -5.76. The number of nitrogens with two attached hydrogens (primary N) is 1. The molecule has 0 aromatic carbocycles. The number of rotatable bonds is 3. The molecule has 1 fully saturated rings. The van der Waals surface area contributed by atoms with Gasteiger partial charge >= 0.3 is 7.82 Å². The molecule has 0 amide bonds. The zero-order chi connectivity index (χ0) is 12.5. The Morgan fingerprint density at radius 1 is 1.24 bits per heavy atom. The van der Waals surface area contributed by atoms with Crippen molar-refractivity contribution in [2.75, 3.05) is 6.61 Å². The highest BCUT2D eigenvalue weighted by atomic mass is 31.2. The molecule has 1 saturated heterocycles. The van der Waals surface area contributed by atoms with Crippen LogP contribution in [0.25, 0.3) is 0 Å². The molecule has 11 heteroatoms. The van der Waals surface area contributed by atoms with Gasteiger partial charge in [0.05, 0.1) is 12.6 Å². The van der Waals surface area contributed by atoms with Gasteiger partial charge in [0.25, 0.3) is 0 Å². The smallest absolute Gasteiger partial charge is 0.412 e. The van der Waals surface area contributed by atoms with Gasteiger partial charge in [0.1, 0.15) is 18.3 Å². The number of phosphoric acid groups is 1. The third-order valence-electron chi connectivity index (χ3n) is 2.18. The minimum absolute atomic E-state index is 0. The van der Waals surface area contributed by atoms with Crippen LogP contribution in [0.15, 0.2) is 0 Å². The van der Waals surface area contributed by atoms with E-state index in [0.717, 1.165) is 0 Å². The summed E-state index contributed by atoms with van der Waals surface area (Å²) < 4.78 is 19.2. The van der Waals surface area contributed by atoms with Crippen molar-refractivity contribution >= 4 is 7.82 Å². The van der Waals surface area contributed by atoms with Crippen LogP contribution in [0.5, 0.6) is 0 Å². The molecule has 0 bridgehead atoms. The fourth-order valence-corrected chi connectivity index (χ4v) is 1.62. The summed E-state index contributed by atoms with van der Waals surface area (Å²) in [5, 5.41) is 28.0. The molecule has 0 aromatic heterocycles. The Morgan fingerprint density at radius 3 is 2.24 bits per heavy atom. The maximum atomic E-state index is 10.4. The summed E-state index contributed by atoms with van der Waals surface area (Å²) in [4.78, 5) is 16.8. The fourth-order valence-electron chi connectivity index (χ4n) is 1.28. The maximum Gasteiger partial charge on any atom is 0.469 e. The highest BCUT2D eigenvalue weighted by Gasteiger charge is 2.42. The fraction of sp³-hybridized carbons (Fsp3) is 1.00. The molecule has 1 aliphatic heterocycles. The molecule has 1 aliphatic rings. The Kier molecular flexibility index (Phi) is 6.11. The summed E-state index contributed by atoms with van der Waals surface area (Å²) in [6, 6.07) is -1.19. The van der Waals surface area contributed by atoms with Gasteiger partial charge in [0, 0.05) is 0 Å². The van der Waals surface area contributed by atoms with Crippen molar-refractivity contribution in [2.45, 2.75) is 30.6 Å². The van der Waals surface area contributed by atoms with Gasteiger partial charge in [-0.05, 0) is 0 Å². The summed E-state index contributed by atoms with van der Waals surface area (Å²) >= 11 is 0. The molecule has 0 aliphatic carbocycles. The van der Waals surface area contributed by atoms with Crippen LogP contribution in [-0.2, 0) is 13.8 Å². The third-order valence-corrected chi connectivity index (χ3v) is 2.66. The zero-order valence-corrected chi connectivity index (χ0v) is 9.47. The average molecular weight is 283 g/mol. The molecule has 17 heavy (non-hydrogen) atoms. The number of hydrogen-bond donors (Lipinski definition) is 6. The van der Waals surface area contributed by atoms with Crippen molar-refractivity contribution < 1.29 is 44.4 Å².